The lowest BCUT2D eigenvalue weighted by molar-refractivity contribution is 0.0996. The molecule has 0 unspecified atom stereocenters. The third-order valence-corrected chi connectivity index (χ3v) is 1.39. The second-order valence-electron chi connectivity index (χ2n) is 2.12. The highest BCUT2D eigenvalue weighted by Gasteiger charge is 2.00. The van der Waals surface area contributed by atoms with E-state index < -0.39 is 5.91 Å². The van der Waals surface area contributed by atoms with E-state index in [0.29, 0.717) is 5.69 Å². The van der Waals surface area contributed by atoms with Crippen molar-refractivity contribution < 1.29 is 4.79 Å². The number of carbonyl (C=O) groups is 1. The van der Waals surface area contributed by atoms with Crippen LogP contribution in [0.3, 0.4) is 0 Å². The molecule has 54 valence electrons. The number of primary amides is 1. The summed E-state index contributed by atoms with van der Waals surface area (Å²) < 4.78 is 0. The van der Waals surface area contributed by atoms with Crippen molar-refractivity contribution in [1.29, 1.82) is 0 Å². The van der Waals surface area contributed by atoms with Gasteiger partial charge >= 0.3 is 0 Å². The summed E-state index contributed by atoms with van der Waals surface area (Å²) in [6.07, 6.45) is 0.896. The second-order valence-corrected chi connectivity index (χ2v) is 2.12. The van der Waals surface area contributed by atoms with Crippen LogP contribution in [0.4, 0.5) is 0 Å². The number of rotatable bonds is 2. The first-order valence-electron chi connectivity index (χ1n) is 3.21. The van der Waals surface area contributed by atoms with E-state index in [1.54, 1.807) is 6.07 Å². The number of amides is 1. The van der Waals surface area contributed by atoms with Gasteiger partial charge in [0, 0.05) is 5.69 Å². The van der Waals surface area contributed by atoms with Crippen LogP contribution in [-0.4, -0.2) is 10.9 Å². The van der Waals surface area contributed by atoms with Crippen molar-refractivity contribution in [3.05, 3.63) is 23.5 Å². The second kappa shape index (κ2) is 2.56. The van der Waals surface area contributed by atoms with Crippen molar-refractivity contribution in [1.82, 2.24) is 4.98 Å². The van der Waals surface area contributed by atoms with Gasteiger partial charge in [0.05, 0.1) is 0 Å². The minimum absolute atomic E-state index is 0.403. The Kier molecular flexibility index (Phi) is 1.76. The van der Waals surface area contributed by atoms with E-state index in [-0.39, 0.29) is 0 Å². The minimum atomic E-state index is -0.403. The third kappa shape index (κ3) is 1.18. The van der Waals surface area contributed by atoms with Crippen molar-refractivity contribution in [3.63, 3.8) is 0 Å². The molecule has 0 saturated heterocycles. The molecule has 0 atom stereocenters. The standard InChI is InChI=1S/C7H10N2O/c1-2-5-3-4-6(9-5)7(8)10/h3-4,9H,2H2,1H3,(H2,8,10). The average Bonchev–Trinajstić information content (AvgIpc) is 2.34. The largest absolute Gasteiger partial charge is 0.364 e. The summed E-state index contributed by atoms with van der Waals surface area (Å²) in [6.45, 7) is 2.01. The summed E-state index contributed by atoms with van der Waals surface area (Å²) >= 11 is 0. The first kappa shape index (κ1) is 6.86. The lowest BCUT2D eigenvalue weighted by Crippen LogP contribution is -2.11. The summed E-state index contributed by atoms with van der Waals surface area (Å²) in [6, 6.07) is 3.56. The maximum Gasteiger partial charge on any atom is 0.265 e. The number of aryl methyl sites for hydroxylation is 1. The maximum atomic E-state index is 10.5. The Morgan fingerprint density at radius 3 is 2.70 bits per heavy atom. The Bertz CT molecular complexity index is 240. The molecular weight excluding hydrogens is 128 g/mol. The van der Waals surface area contributed by atoms with Crippen LogP contribution in [-0.2, 0) is 6.42 Å². The fourth-order valence-corrected chi connectivity index (χ4v) is 0.790. The highest BCUT2D eigenvalue weighted by Crippen LogP contribution is 2.00. The van der Waals surface area contributed by atoms with Gasteiger partial charge in [0.1, 0.15) is 5.69 Å². The minimum Gasteiger partial charge on any atom is -0.364 e. The van der Waals surface area contributed by atoms with Gasteiger partial charge in [-0.25, -0.2) is 0 Å². The number of nitrogens with one attached hydrogen (secondary N) is 1. The van der Waals surface area contributed by atoms with E-state index in [0.717, 1.165) is 12.1 Å². The van der Waals surface area contributed by atoms with E-state index in [2.05, 4.69) is 4.98 Å². The molecule has 10 heavy (non-hydrogen) atoms. The first-order chi connectivity index (χ1) is 4.74. The van der Waals surface area contributed by atoms with Crippen LogP contribution in [0.5, 0.6) is 0 Å². The Morgan fingerprint density at radius 1 is 1.70 bits per heavy atom. The molecular formula is C7H10N2O. The van der Waals surface area contributed by atoms with Gasteiger partial charge in [-0.1, -0.05) is 6.92 Å². The van der Waals surface area contributed by atoms with Gasteiger partial charge in [-0.2, -0.15) is 0 Å². The van der Waals surface area contributed by atoms with Gasteiger partial charge in [0.15, 0.2) is 0 Å². The molecule has 0 aliphatic carbocycles. The van der Waals surface area contributed by atoms with E-state index in [1.807, 2.05) is 13.0 Å². The SMILES string of the molecule is CCc1ccc(C(N)=O)[nH]1. The van der Waals surface area contributed by atoms with Crippen molar-refractivity contribution >= 4 is 5.91 Å². The highest BCUT2D eigenvalue weighted by molar-refractivity contribution is 5.90. The van der Waals surface area contributed by atoms with Crippen LogP contribution in [0, 0.1) is 0 Å². The number of carbonyl (C=O) groups excluding carboxylic acids is 1. The van der Waals surface area contributed by atoms with Gasteiger partial charge in [0.2, 0.25) is 0 Å². The number of aromatic amines is 1. The van der Waals surface area contributed by atoms with Crippen LogP contribution in [0.25, 0.3) is 0 Å². The van der Waals surface area contributed by atoms with Crippen LogP contribution in [0.15, 0.2) is 12.1 Å². The molecule has 1 rings (SSSR count). The van der Waals surface area contributed by atoms with E-state index >= 15 is 0 Å². The molecule has 1 aromatic rings. The molecule has 0 aliphatic rings. The van der Waals surface area contributed by atoms with Crippen LogP contribution >= 0.6 is 0 Å². The quantitative estimate of drug-likeness (QED) is 0.620. The molecule has 0 bridgehead atoms. The molecule has 1 heterocycles. The summed E-state index contributed by atoms with van der Waals surface area (Å²) in [5, 5.41) is 0. The number of aromatic nitrogens is 1. The Hall–Kier alpha value is -1.25. The smallest absolute Gasteiger partial charge is 0.265 e. The lowest BCUT2D eigenvalue weighted by Gasteiger charge is -1.88. The van der Waals surface area contributed by atoms with Gasteiger partial charge in [-0.3, -0.25) is 4.79 Å². The molecule has 1 amide bonds. The monoisotopic (exact) mass is 138 g/mol. The molecule has 3 nitrogen and oxygen atoms in total. The summed E-state index contributed by atoms with van der Waals surface area (Å²) in [5.74, 6) is -0.403. The maximum absolute atomic E-state index is 10.5. The van der Waals surface area contributed by atoms with Crippen molar-refractivity contribution in [2.24, 2.45) is 5.73 Å². The van der Waals surface area contributed by atoms with Crippen molar-refractivity contribution in [3.8, 4) is 0 Å². The number of hydrogen-bond acceptors (Lipinski definition) is 1. The Balaban J connectivity index is 2.88. The highest BCUT2D eigenvalue weighted by atomic mass is 16.1. The van der Waals surface area contributed by atoms with Crippen LogP contribution < -0.4 is 5.73 Å². The van der Waals surface area contributed by atoms with Crippen molar-refractivity contribution in [2.75, 3.05) is 0 Å². The zero-order valence-corrected chi connectivity index (χ0v) is 5.85. The van der Waals surface area contributed by atoms with Gasteiger partial charge in [-0.15, -0.1) is 0 Å². The Labute approximate surface area is 59.2 Å². The zero-order chi connectivity index (χ0) is 7.56. The molecule has 0 spiro atoms. The lowest BCUT2D eigenvalue weighted by atomic mass is 10.3. The molecule has 0 saturated carbocycles. The molecule has 3 N–H and O–H groups in total. The number of H-pyrrole nitrogens is 1. The predicted molar refractivity (Wildman–Crippen MR) is 38.7 cm³/mol. The molecule has 1 aromatic heterocycles. The molecule has 0 aliphatic heterocycles. The molecule has 0 fully saturated rings. The average molecular weight is 138 g/mol. The fourth-order valence-electron chi connectivity index (χ4n) is 0.790. The fraction of sp³-hybridized carbons (Fsp3) is 0.286. The summed E-state index contributed by atoms with van der Waals surface area (Å²) in [5.41, 5.74) is 6.53. The van der Waals surface area contributed by atoms with Gasteiger partial charge in [0.25, 0.3) is 5.91 Å². The third-order valence-electron chi connectivity index (χ3n) is 1.39. The Morgan fingerprint density at radius 2 is 2.40 bits per heavy atom. The summed E-state index contributed by atoms with van der Waals surface area (Å²) in [7, 11) is 0. The van der Waals surface area contributed by atoms with E-state index in [9.17, 15) is 4.79 Å². The molecule has 0 aromatic carbocycles. The predicted octanol–water partition coefficient (Wildman–Crippen LogP) is 0.676. The zero-order valence-electron chi connectivity index (χ0n) is 5.85. The molecule has 3 heteroatoms. The number of hydrogen-bond donors (Lipinski definition) is 2. The summed E-state index contributed by atoms with van der Waals surface area (Å²) in [4.78, 5) is 13.4. The molecule has 0 radical (unpaired) electrons. The van der Waals surface area contributed by atoms with Gasteiger partial charge in [-0.05, 0) is 18.6 Å². The van der Waals surface area contributed by atoms with E-state index in [4.69, 9.17) is 5.73 Å². The number of nitrogens with two attached hydrogens (primary N) is 1. The topological polar surface area (TPSA) is 58.9 Å². The van der Waals surface area contributed by atoms with Crippen LogP contribution in [0.1, 0.15) is 23.1 Å². The van der Waals surface area contributed by atoms with Crippen LogP contribution in [0.2, 0.25) is 0 Å². The van der Waals surface area contributed by atoms with Gasteiger partial charge < -0.3 is 10.7 Å². The normalized spacial score (nSPS) is 9.70. The van der Waals surface area contributed by atoms with Crippen molar-refractivity contribution in [2.45, 2.75) is 13.3 Å². The first-order valence-corrected chi connectivity index (χ1v) is 3.21. The van der Waals surface area contributed by atoms with E-state index in [1.165, 1.54) is 0 Å².